The lowest BCUT2D eigenvalue weighted by atomic mass is 10.1. The van der Waals surface area contributed by atoms with Gasteiger partial charge in [0.15, 0.2) is 5.82 Å². The van der Waals surface area contributed by atoms with Gasteiger partial charge in [0.05, 0.1) is 7.11 Å². The highest BCUT2D eigenvalue weighted by Crippen LogP contribution is 2.27. The van der Waals surface area contributed by atoms with Crippen LogP contribution in [0, 0.1) is 13.8 Å². The molecule has 0 aliphatic carbocycles. The number of anilines is 3. The molecule has 0 unspecified atom stereocenters. The molecule has 0 spiro atoms. The average molecular weight is 381 g/mol. The van der Waals surface area contributed by atoms with Crippen LogP contribution in [-0.4, -0.2) is 28.3 Å². The molecule has 3 aromatic rings. The van der Waals surface area contributed by atoms with Crippen LogP contribution in [0.15, 0.2) is 36.4 Å². The Morgan fingerprint density at radius 3 is 2.43 bits per heavy atom. The molecule has 8 heteroatoms. The zero-order chi connectivity index (χ0) is 20.3. The first-order chi connectivity index (χ1) is 13.4. The van der Waals surface area contributed by atoms with Crippen LogP contribution in [0.4, 0.5) is 17.3 Å². The third-order valence-corrected chi connectivity index (χ3v) is 4.39. The average Bonchev–Trinajstić information content (AvgIpc) is 3.07. The number of aromatic hydroxyl groups is 1. The summed E-state index contributed by atoms with van der Waals surface area (Å²) in [5.41, 5.74) is 9.09. The maximum absolute atomic E-state index is 12.0. The number of carbonyl (C=O) groups excluding carboxylic acids is 1. The van der Waals surface area contributed by atoms with E-state index in [-0.39, 0.29) is 11.3 Å². The van der Waals surface area contributed by atoms with E-state index in [0.717, 1.165) is 28.1 Å². The first-order valence-corrected chi connectivity index (χ1v) is 8.71. The minimum Gasteiger partial charge on any atom is -0.507 e. The molecule has 0 radical (unpaired) electrons. The quantitative estimate of drug-likeness (QED) is 0.428. The number of ether oxygens (including phenoxy) is 1. The monoisotopic (exact) mass is 381 g/mol. The van der Waals surface area contributed by atoms with Gasteiger partial charge in [-0.25, -0.2) is 0 Å². The standard InChI is InChI=1S/C20H23N5O3/c1-11-8-13(9-12(2)17(11)26)10-22-19-16(18(21)27)20(25-24-19)23-14-4-6-15(28-3)7-5-14/h4-9,26H,10H2,1-3H3,(H2,21,27)(H3,22,23,24,25). The number of H-pyrrole nitrogens is 1. The Morgan fingerprint density at radius 1 is 1.21 bits per heavy atom. The van der Waals surface area contributed by atoms with Gasteiger partial charge in [-0.2, -0.15) is 5.10 Å². The van der Waals surface area contributed by atoms with Crippen LogP contribution in [0.5, 0.6) is 11.5 Å². The van der Waals surface area contributed by atoms with Gasteiger partial charge in [-0.3, -0.25) is 9.89 Å². The van der Waals surface area contributed by atoms with Crippen LogP contribution in [0.25, 0.3) is 0 Å². The van der Waals surface area contributed by atoms with Crippen LogP contribution >= 0.6 is 0 Å². The minimum atomic E-state index is -0.606. The predicted molar refractivity (Wildman–Crippen MR) is 108 cm³/mol. The van der Waals surface area contributed by atoms with Gasteiger partial charge in [0.2, 0.25) is 0 Å². The molecule has 1 amide bonds. The number of carbonyl (C=O) groups is 1. The largest absolute Gasteiger partial charge is 0.507 e. The summed E-state index contributed by atoms with van der Waals surface area (Å²) in [6, 6.07) is 11.0. The molecule has 2 aromatic carbocycles. The Balaban J connectivity index is 1.79. The van der Waals surface area contributed by atoms with Gasteiger partial charge in [0.1, 0.15) is 22.9 Å². The van der Waals surface area contributed by atoms with Crippen LogP contribution in [0.2, 0.25) is 0 Å². The molecule has 3 rings (SSSR count). The molecule has 0 saturated carbocycles. The van der Waals surface area contributed by atoms with Gasteiger partial charge < -0.3 is 26.2 Å². The molecule has 1 heterocycles. The van der Waals surface area contributed by atoms with Crippen molar-refractivity contribution in [1.29, 1.82) is 0 Å². The van der Waals surface area contributed by atoms with Crippen LogP contribution < -0.4 is 21.1 Å². The third kappa shape index (κ3) is 4.01. The van der Waals surface area contributed by atoms with Crippen LogP contribution in [0.3, 0.4) is 0 Å². The molecule has 0 fully saturated rings. The number of benzene rings is 2. The maximum Gasteiger partial charge on any atom is 0.256 e. The zero-order valence-electron chi connectivity index (χ0n) is 16.0. The van der Waals surface area contributed by atoms with E-state index in [1.165, 1.54) is 0 Å². The number of nitrogens with one attached hydrogen (secondary N) is 3. The Kier molecular flexibility index (Phi) is 5.39. The lowest BCUT2D eigenvalue weighted by molar-refractivity contribution is 0.100. The summed E-state index contributed by atoms with van der Waals surface area (Å²) in [5.74, 6) is 1.16. The van der Waals surface area contributed by atoms with Crippen molar-refractivity contribution in [1.82, 2.24) is 10.2 Å². The normalized spacial score (nSPS) is 10.5. The number of phenols is 1. The number of nitrogens with two attached hydrogens (primary N) is 1. The van der Waals surface area contributed by atoms with Crippen molar-refractivity contribution in [2.75, 3.05) is 17.7 Å². The number of aromatic amines is 1. The van der Waals surface area contributed by atoms with Crippen molar-refractivity contribution in [3.63, 3.8) is 0 Å². The van der Waals surface area contributed by atoms with Gasteiger partial charge in [0, 0.05) is 12.2 Å². The van der Waals surface area contributed by atoms with E-state index in [0.29, 0.717) is 18.2 Å². The number of methoxy groups -OCH3 is 1. The summed E-state index contributed by atoms with van der Waals surface area (Å²) in [6.45, 7) is 4.12. The Morgan fingerprint density at radius 2 is 1.86 bits per heavy atom. The van der Waals surface area contributed by atoms with Gasteiger partial charge >= 0.3 is 0 Å². The van der Waals surface area contributed by atoms with E-state index >= 15 is 0 Å². The molecule has 28 heavy (non-hydrogen) atoms. The Labute approximate surface area is 162 Å². The highest BCUT2D eigenvalue weighted by Gasteiger charge is 2.18. The highest BCUT2D eigenvalue weighted by molar-refractivity contribution is 6.03. The van der Waals surface area contributed by atoms with Gasteiger partial charge in [0.25, 0.3) is 5.91 Å². The van der Waals surface area contributed by atoms with Crippen LogP contribution in [-0.2, 0) is 6.54 Å². The molecule has 6 N–H and O–H groups in total. The van der Waals surface area contributed by atoms with E-state index in [9.17, 15) is 9.90 Å². The van der Waals surface area contributed by atoms with Gasteiger partial charge in [-0.05, 0) is 54.8 Å². The number of hydrogen-bond acceptors (Lipinski definition) is 6. The number of hydrogen-bond donors (Lipinski definition) is 5. The fourth-order valence-corrected chi connectivity index (χ4v) is 2.95. The number of nitrogens with zero attached hydrogens (tertiary/aromatic N) is 1. The predicted octanol–water partition coefficient (Wildman–Crippen LogP) is 3.20. The molecule has 0 aliphatic heterocycles. The smallest absolute Gasteiger partial charge is 0.256 e. The van der Waals surface area contributed by atoms with E-state index in [1.54, 1.807) is 19.2 Å². The molecule has 0 bridgehead atoms. The summed E-state index contributed by atoms with van der Waals surface area (Å²) in [4.78, 5) is 12.0. The second-order valence-corrected chi connectivity index (χ2v) is 6.47. The molecule has 0 aliphatic rings. The van der Waals surface area contributed by atoms with Crippen molar-refractivity contribution in [2.24, 2.45) is 5.73 Å². The minimum absolute atomic E-state index is 0.239. The fraction of sp³-hybridized carbons (Fsp3) is 0.200. The zero-order valence-corrected chi connectivity index (χ0v) is 16.0. The first-order valence-electron chi connectivity index (χ1n) is 8.71. The summed E-state index contributed by atoms with van der Waals surface area (Å²) in [7, 11) is 1.59. The van der Waals surface area contributed by atoms with Gasteiger partial charge in [-0.15, -0.1) is 0 Å². The van der Waals surface area contributed by atoms with Crippen molar-refractivity contribution in [3.05, 3.63) is 58.7 Å². The fourth-order valence-electron chi connectivity index (χ4n) is 2.95. The molecule has 146 valence electrons. The lowest BCUT2D eigenvalue weighted by Gasteiger charge is -2.10. The number of phenolic OH excluding ortho intramolecular Hbond substituents is 1. The van der Waals surface area contributed by atoms with E-state index < -0.39 is 5.91 Å². The van der Waals surface area contributed by atoms with Crippen molar-refractivity contribution < 1.29 is 14.6 Å². The molecular formula is C20H23N5O3. The number of amides is 1. The van der Waals surface area contributed by atoms with E-state index in [1.807, 2.05) is 38.1 Å². The molecule has 0 saturated heterocycles. The summed E-state index contributed by atoms with van der Waals surface area (Å²) < 4.78 is 5.13. The Hall–Kier alpha value is -3.68. The van der Waals surface area contributed by atoms with E-state index in [4.69, 9.17) is 10.5 Å². The summed E-state index contributed by atoms with van der Waals surface area (Å²) in [6.07, 6.45) is 0. The van der Waals surface area contributed by atoms with Gasteiger partial charge in [-0.1, -0.05) is 12.1 Å². The van der Waals surface area contributed by atoms with Crippen molar-refractivity contribution in [2.45, 2.75) is 20.4 Å². The topological polar surface area (TPSA) is 125 Å². The molecular weight excluding hydrogens is 358 g/mol. The number of aromatic nitrogens is 2. The van der Waals surface area contributed by atoms with Crippen LogP contribution in [0.1, 0.15) is 27.0 Å². The molecule has 8 nitrogen and oxygen atoms in total. The number of primary amides is 1. The summed E-state index contributed by atoms with van der Waals surface area (Å²) in [5, 5.41) is 23.1. The van der Waals surface area contributed by atoms with Crippen molar-refractivity contribution >= 4 is 23.2 Å². The second-order valence-electron chi connectivity index (χ2n) is 6.47. The highest BCUT2D eigenvalue weighted by atomic mass is 16.5. The molecule has 1 aromatic heterocycles. The first kappa shape index (κ1) is 19.1. The number of rotatable bonds is 7. The second kappa shape index (κ2) is 7.91. The summed E-state index contributed by atoms with van der Waals surface area (Å²) >= 11 is 0. The van der Waals surface area contributed by atoms with E-state index in [2.05, 4.69) is 20.8 Å². The number of aryl methyl sites for hydroxylation is 2. The molecule has 0 atom stereocenters. The lowest BCUT2D eigenvalue weighted by Crippen LogP contribution is -2.15. The third-order valence-electron chi connectivity index (χ3n) is 4.39. The SMILES string of the molecule is COc1ccc(Nc2n[nH]c(NCc3cc(C)c(O)c(C)c3)c2C(N)=O)cc1. The maximum atomic E-state index is 12.0. The van der Waals surface area contributed by atoms with Crippen molar-refractivity contribution in [3.8, 4) is 11.5 Å². The Bertz CT molecular complexity index is 973.